The topological polar surface area (TPSA) is 122 Å². The second-order valence-electron chi connectivity index (χ2n) is 3.74. The van der Waals surface area contributed by atoms with Crippen LogP contribution in [0.5, 0.6) is 0 Å². The van der Waals surface area contributed by atoms with Crippen LogP contribution in [0.1, 0.15) is 23.2 Å². The fraction of sp³-hybridized carbons (Fsp3) is 0.273. The molecule has 0 saturated carbocycles. The van der Waals surface area contributed by atoms with E-state index in [1.807, 2.05) is 0 Å². The number of aliphatic carboxylic acids is 1. The number of pyridine rings is 1. The van der Waals surface area contributed by atoms with Gasteiger partial charge in [0, 0.05) is 12.6 Å². The molecule has 0 fully saturated rings. The summed E-state index contributed by atoms with van der Waals surface area (Å²) in [5.74, 6) is -3.42. The van der Waals surface area contributed by atoms with Crippen LogP contribution in [0, 0.1) is 5.95 Å². The van der Waals surface area contributed by atoms with E-state index >= 15 is 0 Å². The molecule has 7 nitrogen and oxygen atoms in total. The highest BCUT2D eigenvalue weighted by molar-refractivity contribution is 5.96. The molecule has 0 aromatic carbocycles. The Hall–Kier alpha value is -2.51. The average Bonchev–Trinajstić information content (AvgIpc) is 2.34. The zero-order chi connectivity index (χ0) is 14.4. The van der Waals surface area contributed by atoms with Crippen molar-refractivity contribution in [2.45, 2.75) is 18.9 Å². The number of carbonyl (C=O) groups excluding carboxylic acids is 2. The maximum absolute atomic E-state index is 12.6. The molecule has 8 heteroatoms. The van der Waals surface area contributed by atoms with Gasteiger partial charge in [0.1, 0.15) is 6.04 Å². The molecule has 0 aliphatic rings. The summed E-state index contributed by atoms with van der Waals surface area (Å²) in [6, 6.07) is 0.906. The summed E-state index contributed by atoms with van der Waals surface area (Å²) in [6.45, 7) is 0. The van der Waals surface area contributed by atoms with E-state index < -0.39 is 29.8 Å². The number of rotatable bonds is 6. The third kappa shape index (κ3) is 4.70. The predicted octanol–water partition coefficient (Wildman–Crippen LogP) is -0.331. The third-order valence-corrected chi connectivity index (χ3v) is 2.27. The zero-order valence-corrected chi connectivity index (χ0v) is 9.80. The van der Waals surface area contributed by atoms with Crippen molar-refractivity contribution < 1.29 is 23.9 Å². The lowest BCUT2D eigenvalue weighted by Gasteiger charge is -2.13. The minimum atomic E-state index is -1.29. The summed E-state index contributed by atoms with van der Waals surface area (Å²) < 4.78 is 12.6. The monoisotopic (exact) mass is 269 g/mol. The normalized spacial score (nSPS) is 11.6. The molecule has 1 heterocycles. The molecule has 0 radical (unpaired) electrons. The van der Waals surface area contributed by atoms with Crippen LogP contribution >= 0.6 is 0 Å². The first kappa shape index (κ1) is 14.6. The van der Waals surface area contributed by atoms with Gasteiger partial charge in [0.25, 0.3) is 5.91 Å². The van der Waals surface area contributed by atoms with Crippen LogP contribution in [-0.4, -0.2) is 33.9 Å². The second-order valence-corrected chi connectivity index (χ2v) is 3.74. The fourth-order valence-electron chi connectivity index (χ4n) is 1.30. The van der Waals surface area contributed by atoms with Crippen LogP contribution in [0.25, 0.3) is 0 Å². The zero-order valence-electron chi connectivity index (χ0n) is 9.80. The Morgan fingerprint density at radius 3 is 2.58 bits per heavy atom. The molecule has 19 heavy (non-hydrogen) atoms. The lowest BCUT2D eigenvalue weighted by atomic mass is 10.1. The smallest absolute Gasteiger partial charge is 0.326 e. The highest BCUT2D eigenvalue weighted by Gasteiger charge is 2.21. The summed E-state index contributed by atoms with van der Waals surface area (Å²) in [6.07, 6.45) is 0.696. The molecule has 4 N–H and O–H groups in total. The Labute approximate surface area is 107 Å². The van der Waals surface area contributed by atoms with Gasteiger partial charge in [-0.2, -0.15) is 4.39 Å². The number of carboxylic acids is 1. The lowest BCUT2D eigenvalue weighted by Crippen LogP contribution is -2.41. The van der Waals surface area contributed by atoms with Crippen molar-refractivity contribution >= 4 is 17.8 Å². The number of carbonyl (C=O) groups is 3. The summed E-state index contributed by atoms with van der Waals surface area (Å²) >= 11 is 0. The van der Waals surface area contributed by atoms with E-state index in [1.165, 1.54) is 6.07 Å². The summed E-state index contributed by atoms with van der Waals surface area (Å²) in [5.41, 5.74) is 4.92. The number of nitrogens with zero attached hydrogens (tertiary/aromatic N) is 1. The number of primary amides is 1. The first-order valence-corrected chi connectivity index (χ1v) is 5.33. The lowest BCUT2D eigenvalue weighted by molar-refractivity contribution is -0.139. The van der Waals surface area contributed by atoms with Crippen molar-refractivity contribution in [1.29, 1.82) is 0 Å². The van der Waals surface area contributed by atoms with E-state index in [0.29, 0.717) is 0 Å². The molecule has 0 saturated heterocycles. The standard InChI is InChI=1S/C11H12FN3O4/c12-8-3-1-6(5-14-8)10(17)15-7(11(18)19)2-4-9(13)16/h1,3,5,7H,2,4H2,(H2,13,16)(H,15,17)(H,18,19)/t7-/m1/s1. The van der Waals surface area contributed by atoms with Gasteiger partial charge in [-0.1, -0.05) is 0 Å². The number of nitrogens with one attached hydrogen (secondary N) is 1. The maximum Gasteiger partial charge on any atom is 0.326 e. The van der Waals surface area contributed by atoms with Gasteiger partial charge in [0.15, 0.2) is 0 Å². The molecule has 0 spiro atoms. The minimum absolute atomic E-state index is 0.0201. The maximum atomic E-state index is 12.6. The Morgan fingerprint density at radius 2 is 2.11 bits per heavy atom. The van der Waals surface area contributed by atoms with Gasteiger partial charge in [-0.05, 0) is 18.6 Å². The molecule has 102 valence electrons. The van der Waals surface area contributed by atoms with Crippen LogP contribution in [0.3, 0.4) is 0 Å². The van der Waals surface area contributed by atoms with Gasteiger partial charge in [-0.15, -0.1) is 0 Å². The van der Waals surface area contributed by atoms with Crippen molar-refractivity contribution in [1.82, 2.24) is 10.3 Å². The van der Waals surface area contributed by atoms with Gasteiger partial charge in [0.05, 0.1) is 5.56 Å². The molecule has 0 unspecified atom stereocenters. The number of hydrogen-bond donors (Lipinski definition) is 3. The molecule has 0 aliphatic carbocycles. The van der Waals surface area contributed by atoms with Crippen LogP contribution in [0.2, 0.25) is 0 Å². The first-order valence-electron chi connectivity index (χ1n) is 5.33. The number of carboxylic acid groups (broad SMARTS) is 1. The number of nitrogens with two attached hydrogens (primary N) is 1. The molecule has 1 aromatic rings. The SMILES string of the molecule is NC(=O)CC[C@@H](NC(=O)c1ccc(F)nc1)C(=O)O. The van der Waals surface area contributed by atoms with Crippen LogP contribution < -0.4 is 11.1 Å². The Morgan fingerprint density at radius 1 is 1.42 bits per heavy atom. The van der Waals surface area contributed by atoms with E-state index in [9.17, 15) is 18.8 Å². The number of amides is 2. The Bertz CT molecular complexity index is 489. The Kier molecular flexibility index (Phi) is 4.92. The second kappa shape index (κ2) is 6.43. The number of halogens is 1. The summed E-state index contributed by atoms with van der Waals surface area (Å²) in [4.78, 5) is 36.4. The van der Waals surface area contributed by atoms with E-state index in [2.05, 4.69) is 10.3 Å². The largest absolute Gasteiger partial charge is 0.480 e. The van der Waals surface area contributed by atoms with Crippen LogP contribution in [-0.2, 0) is 9.59 Å². The van der Waals surface area contributed by atoms with Gasteiger partial charge in [-0.3, -0.25) is 9.59 Å². The highest BCUT2D eigenvalue weighted by atomic mass is 19.1. The van der Waals surface area contributed by atoms with Crippen LogP contribution in [0.15, 0.2) is 18.3 Å². The molecular weight excluding hydrogens is 257 g/mol. The van der Waals surface area contributed by atoms with Crippen molar-refractivity contribution in [3.8, 4) is 0 Å². The molecule has 1 aromatic heterocycles. The van der Waals surface area contributed by atoms with E-state index in [4.69, 9.17) is 10.8 Å². The molecule has 1 atom stereocenters. The minimum Gasteiger partial charge on any atom is -0.480 e. The highest BCUT2D eigenvalue weighted by Crippen LogP contribution is 2.02. The average molecular weight is 269 g/mol. The summed E-state index contributed by atoms with van der Waals surface area (Å²) in [5, 5.41) is 11.1. The van der Waals surface area contributed by atoms with Gasteiger partial charge < -0.3 is 16.2 Å². The predicted molar refractivity (Wildman–Crippen MR) is 61.5 cm³/mol. The Balaban J connectivity index is 2.68. The van der Waals surface area contributed by atoms with Crippen molar-refractivity contribution in [3.05, 3.63) is 29.8 Å². The van der Waals surface area contributed by atoms with E-state index in [0.717, 1.165) is 12.3 Å². The molecule has 0 bridgehead atoms. The van der Waals surface area contributed by atoms with Crippen LogP contribution in [0.4, 0.5) is 4.39 Å². The molecule has 2 amide bonds. The number of aromatic nitrogens is 1. The fourth-order valence-corrected chi connectivity index (χ4v) is 1.30. The molecule has 0 aliphatic heterocycles. The molecule has 1 rings (SSSR count). The first-order chi connectivity index (χ1) is 8.90. The number of hydrogen-bond acceptors (Lipinski definition) is 4. The molecular formula is C11H12FN3O4. The quantitative estimate of drug-likeness (QED) is 0.610. The van der Waals surface area contributed by atoms with Crippen molar-refractivity contribution in [2.24, 2.45) is 5.73 Å². The third-order valence-electron chi connectivity index (χ3n) is 2.27. The van der Waals surface area contributed by atoms with E-state index in [-0.39, 0.29) is 18.4 Å². The van der Waals surface area contributed by atoms with Crippen molar-refractivity contribution in [3.63, 3.8) is 0 Å². The van der Waals surface area contributed by atoms with Gasteiger partial charge in [-0.25, -0.2) is 9.78 Å². The van der Waals surface area contributed by atoms with Crippen molar-refractivity contribution in [2.75, 3.05) is 0 Å². The van der Waals surface area contributed by atoms with E-state index in [1.54, 1.807) is 0 Å². The van der Waals surface area contributed by atoms with Gasteiger partial charge >= 0.3 is 5.97 Å². The summed E-state index contributed by atoms with van der Waals surface area (Å²) in [7, 11) is 0. The van der Waals surface area contributed by atoms with Gasteiger partial charge in [0.2, 0.25) is 11.9 Å².